The lowest BCUT2D eigenvalue weighted by atomic mass is 10.1. The van der Waals surface area contributed by atoms with Crippen LogP contribution in [0, 0.1) is 0 Å². The molecule has 0 bridgehead atoms. The van der Waals surface area contributed by atoms with Crippen LogP contribution in [0.25, 0.3) is 16.3 Å². The van der Waals surface area contributed by atoms with E-state index in [1.807, 2.05) is 47.9 Å². The normalized spacial score (nSPS) is 21.2. The Bertz CT molecular complexity index is 1580. The molecule has 4 rings (SSSR count). The number of thioether (sulfide) groups is 1. The Hall–Kier alpha value is -1.38. The van der Waals surface area contributed by atoms with Crippen molar-refractivity contribution in [2.45, 2.75) is 44.0 Å². The van der Waals surface area contributed by atoms with Crippen molar-refractivity contribution in [2.75, 3.05) is 18.1 Å². The predicted octanol–water partition coefficient (Wildman–Crippen LogP) is 5.17. The first-order valence-corrected chi connectivity index (χ1v) is 17.9. The number of allylic oxidation sites excluding steroid dienone is 4. The molecule has 212 valence electrons. The van der Waals surface area contributed by atoms with Crippen molar-refractivity contribution < 1.29 is 30.5 Å². The zero-order valence-corrected chi connectivity index (χ0v) is 25.8. The molecule has 1 aliphatic heterocycles. The van der Waals surface area contributed by atoms with Crippen molar-refractivity contribution >= 4 is 82.8 Å². The van der Waals surface area contributed by atoms with Gasteiger partial charge in [-0.15, -0.1) is 0 Å². The van der Waals surface area contributed by atoms with Crippen molar-refractivity contribution in [1.82, 2.24) is 4.90 Å². The topological polar surface area (TPSA) is 119 Å². The molecule has 1 saturated heterocycles. The Kier molecular flexibility index (Phi) is 9.91. The maximum Gasteiger partial charge on any atom is 0.265 e. The van der Waals surface area contributed by atoms with Crippen LogP contribution in [0.15, 0.2) is 58.1 Å². The molecule has 1 aromatic heterocycles. The van der Waals surface area contributed by atoms with E-state index in [9.17, 15) is 25.9 Å². The van der Waals surface area contributed by atoms with Crippen LogP contribution in [0.4, 0.5) is 0 Å². The summed E-state index contributed by atoms with van der Waals surface area (Å²) in [7, 11) is -8.39. The Morgan fingerprint density at radius 2 is 1.97 bits per heavy atom. The van der Waals surface area contributed by atoms with E-state index in [-0.39, 0.29) is 29.9 Å². The number of rotatable bonds is 11. The Morgan fingerprint density at radius 3 is 2.67 bits per heavy atom. The molecule has 2 aromatic rings. The first-order chi connectivity index (χ1) is 18.3. The highest BCUT2D eigenvalue weighted by Crippen LogP contribution is 2.43. The summed E-state index contributed by atoms with van der Waals surface area (Å²) in [5, 5.41) is 3.15. The van der Waals surface area contributed by atoms with Crippen LogP contribution in [-0.2, 0) is 26.8 Å². The lowest BCUT2D eigenvalue weighted by Crippen LogP contribution is -2.36. The van der Waals surface area contributed by atoms with Gasteiger partial charge in [-0.2, -0.15) is 13.0 Å². The van der Waals surface area contributed by atoms with Gasteiger partial charge < -0.3 is 9.45 Å². The number of fused-ring (bicyclic) bond motifs is 2. The molecular formula is C25H28Cl2N2O6S4. The monoisotopic (exact) mass is 650 g/mol. The summed E-state index contributed by atoms with van der Waals surface area (Å²) in [6.07, 6.45) is 11.1. The smallest absolute Gasteiger partial charge is 0.265 e. The fourth-order valence-electron chi connectivity index (χ4n) is 4.51. The van der Waals surface area contributed by atoms with Gasteiger partial charge in [0.1, 0.15) is 4.70 Å². The molecule has 2 atom stereocenters. The van der Waals surface area contributed by atoms with Crippen LogP contribution < -0.4 is 4.57 Å². The summed E-state index contributed by atoms with van der Waals surface area (Å²) in [5.74, 6) is -0.778. The van der Waals surface area contributed by atoms with Gasteiger partial charge in [-0.3, -0.25) is 4.55 Å². The quantitative estimate of drug-likeness (QED) is 0.261. The van der Waals surface area contributed by atoms with E-state index < -0.39 is 26.0 Å². The molecule has 2 heterocycles. The maximum atomic E-state index is 11.3. The number of aryl methyl sites for hydroxylation is 1. The van der Waals surface area contributed by atoms with Gasteiger partial charge in [0.25, 0.3) is 15.1 Å². The Labute approximate surface area is 247 Å². The van der Waals surface area contributed by atoms with Crippen LogP contribution in [0.5, 0.6) is 0 Å². The summed E-state index contributed by atoms with van der Waals surface area (Å²) in [6.45, 7) is 2.81. The van der Waals surface area contributed by atoms with Crippen molar-refractivity contribution in [3.05, 3.63) is 68.2 Å². The van der Waals surface area contributed by atoms with Crippen LogP contribution in [0.3, 0.4) is 0 Å². The molecule has 2 aliphatic rings. The second-order valence-electron chi connectivity index (χ2n) is 9.19. The zero-order chi connectivity index (χ0) is 28.4. The van der Waals surface area contributed by atoms with Gasteiger partial charge in [-0.1, -0.05) is 59.3 Å². The van der Waals surface area contributed by atoms with Gasteiger partial charge >= 0.3 is 0 Å². The van der Waals surface area contributed by atoms with Crippen molar-refractivity contribution in [2.24, 2.45) is 0 Å². The van der Waals surface area contributed by atoms with Crippen molar-refractivity contribution in [3.8, 4) is 0 Å². The van der Waals surface area contributed by atoms with Gasteiger partial charge in [-0.05, 0) is 48.8 Å². The average Bonchev–Trinajstić information content (AvgIpc) is 3.34. The molecule has 1 aromatic carbocycles. The number of hydrogen-bond acceptors (Lipinski definition) is 8. The molecule has 0 saturated carbocycles. The van der Waals surface area contributed by atoms with Gasteiger partial charge in [0, 0.05) is 40.9 Å². The molecule has 0 amide bonds. The van der Waals surface area contributed by atoms with E-state index in [0.29, 0.717) is 29.6 Å². The van der Waals surface area contributed by atoms with Gasteiger partial charge in [0.05, 0.1) is 32.2 Å². The fraction of sp³-hybridized carbons (Fsp3) is 0.400. The van der Waals surface area contributed by atoms with Gasteiger partial charge in [0.15, 0.2) is 6.54 Å². The lowest BCUT2D eigenvalue weighted by molar-refractivity contribution is -0.668. The molecule has 1 aliphatic carbocycles. The second-order valence-corrected chi connectivity index (χ2v) is 15.4. The minimum absolute atomic E-state index is 0.0527. The SMILES string of the molecule is CC/C(C=C1SC2C=CC(Cl)=CC2N1CCCS(=O)(=O)[O-])=C\c1sc2ccc(Cl)cc2[n+]1CCCS(=O)(=O)O. The Balaban J connectivity index is 1.69. The molecule has 0 radical (unpaired) electrons. The van der Waals surface area contributed by atoms with E-state index in [1.165, 1.54) is 0 Å². The number of halogens is 2. The highest BCUT2D eigenvalue weighted by atomic mass is 35.5. The molecular weight excluding hydrogens is 623 g/mol. The van der Waals surface area contributed by atoms with E-state index in [4.69, 9.17) is 23.2 Å². The zero-order valence-electron chi connectivity index (χ0n) is 21.0. The average molecular weight is 652 g/mol. The first-order valence-electron chi connectivity index (χ1n) is 12.2. The molecule has 14 heteroatoms. The number of nitrogens with zero attached hydrogens (tertiary/aromatic N) is 2. The van der Waals surface area contributed by atoms with E-state index >= 15 is 0 Å². The third kappa shape index (κ3) is 8.32. The summed E-state index contributed by atoms with van der Waals surface area (Å²) in [5.41, 5.74) is 1.89. The summed E-state index contributed by atoms with van der Waals surface area (Å²) in [4.78, 5) is 2.10. The highest BCUT2D eigenvalue weighted by Gasteiger charge is 2.36. The molecule has 0 spiro atoms. The van der Waals surface area contributed by atoms with Crippen molar-refractivity contribution in [1.29, 1.82) is 0 Å². The molecule has 1 N–H and O–H groups in total. The van der Waals surface area contributed by atoms with Crippen molar-refractivity contribution in [3.63, 3.8) is 0 Å². The number of hydrogen-bond donors (Lipinski definition) is 1. The van der Waals surface area contributed by atoms with E-state index in [1.54, 1.807) is 23.1 Å². The number of aromatic nitrogens is 1. The second kappa shape index (κ2) is 12.6. The first kappa shape index (κ1) is 30.6. The third-order valence-corrected chi connectivity index (χ3v) is 10.8. The van der Waals surface area contributed by atoms with Crippen LogP contribution >= 0.6 is 46.3 Å². The molecule has 8 nitrogen and oxygen atoms in total. The maximum absolute atomic E-state index is 11.3. The molecule has 39 heavy (non-hydrogen) atoms. The summed E-state index contributed by atoms with van der Waals surface area (Å²) < 4.78 is 68.4. The minimum Gasteiger partial charge on any atom is -0.748 e. The van der Waals surface area contributed by atoms with E-state index in [0.717, 1.165) is 25.8 Å². The van der Waals surface area contributed by atoms with Crippen LogP contribution in [0.1, 0.15) is 31.2 Å². The molecule has 1 fully saturated rings. The standard InChI is InChI=1S/C25H28Cl2N2O6S4/c1-2-17(13-24-28(9-3-11-38(30,31)32)20-15-18(26)5-7-22(20)36-24)14-25-29(10-4-12-39(33,34)35)21-16-19(27)6-8-23(21)37-25/h5-8,13-16,20,22H,2-4,9-12H2,1H3,(H-,30,31,32,33,34,35). The number of benzene rings is 1. The predicted molar refractivity (Wildman–Crippen MR) is 159 cm³/mol. The Morgan fingerprint density at radius 1 is 1.21 bits per heavy atom. The summed E-state index contributed by atoms with van der Waals surface area (Å²) >= 11 is 15.7. The highest BCUT2D eigenvalue weighted by molar-refractivity contribution is 8.04. The fourth-order valence-corrected chi connectivity index (χ4v) is 8.37. The lowest BCUT2D eigenvalue weighted by Gasteiger charge is -2.28. The van der Waals surface area contributed by atoms with Gasteiger partial charge in [-0.25, -0.2) is 8.42 Å². The van der Waals surface area contributed by atoms with E-state index in [2.05, 4.69) is 17.1 Å². The third-order valence-electron chi connectivity index (χ3n) is 6.31. The van der Waals surface area contributed by atoms with Crippen LogP contribution in [0.2, 0.25) is 5.02 Å². The van der Waals surface area contributed by atoms with Crippen LogP contribution in [-0.4, -0.2) is 60.2 Å². The molecule has 2 unspecified atom stereocenters. The number of thiazole rings is 1. The minimum atomic E-state index is -4.31. The van der Waals surface area contributed by atoms with Gasteiger partial charge in [0.2, 0.25) is 5.52 Å². The summed E-state index contributed by atoms with van der Waals surface area (Å²) in [6, 6.07) is 5.52. The largest absolute Gasteiger partial charge is 0.748 e.